The van der Waals surface area contributed by atoms with Crippen molar-refractivity contribution in [3.8, 4) is 5.75 Å². The maximum atomic E-state index is 12.9. The third kappa shape index (κ3) is 4.04. The number of esters is 1. The van der Waals surface area contributed by atoms with E-state index in [2.05, 4.69) is 0 Å². The summed E-state index contributed by atoms with van der Waals surface area (Å²) in [7, 11) is -3.86. The topological polar surface area (TPSA) is 72.9 Å². The number of rotatable bonds is 4. The number of carbonyl (C=O) groups excluding carboxylic acids is 1. The monoisotopic (exact) mass is 399 g/mol. The Morgan fingerprint density at radius 3 is 2.42 bits per heavy atom. The molecule has 0 spiro atoms. The van der Waals surface area contributed by atoms with E-state index in [1.807, 2.05) is 0 Å². The number of morpholine rings is 1. The van der Waals surface area contributed by atoms with E-state index in [4.69, 9.17) is 21.1 Å². The predicted octanol–water partition coefficient (Wildman–Crippen LogP) is 2.72. The fraction of sp³-hybridized carbons (Fsp3) is 0.235. The molecule has 0 atom stereocenters. The normalized spacial score (nSPS) is 15.6. The average Bonchev–Trinajstić information content (AvgIpc) is 2.64. The number of ether oxygens (including phenoxy) is 2. The number of benzene rings is 2. The summed E-state index contributed by atoms with van der Waals surface area (Å²) in [6, 6.07) is 8.78. The highest BCUT2D eigenvalue weighted by Gasteiger charge is 2.29. The summed E-state index contributed by atoms with van der Waals surface area (Å²) in [4.78, 5) is 12.1. The van der Waals surface area contributed by atoms with Gasteiger partial charge in [-0.25, -0.2) is 17.6 Å². The molecular weight excluding hydrogens is 385 g/mol. The zero-order chi connectivity index (χ0) is 18.7. The van der Waals surface area contributed by atoms with Crippen molar-refractivity contribution in [2.75, 3.05) is 26.3 Å². The van der Waals surface area contributed by atoms with Gasteiger partial charge in [-0.15, -0.1) is 0 Å². The second kappa shape index (κ2) is 7.71. The van der Waals surface area contributed by atoms with Crippen molar-refractivity contribution in [3.05, 3.63) is 58.9 Å². The molecular formula is C17H15ClFNO5S. The van der Waals surface area contributed by atoms with Gasteiger partial charge < -0.3 is 9.47 Å². The number of hydrogen-bond acceptors (Lipinski definition) is 5. The van der Waals surface area contributed by atoms with Crippen LogP contribution in [-0.4, -0.2) is 45.0 Å². The van der Waals surface area contributed by atoms with Crippen molar-refractivity contribution in [1.29, 1.82) is 0 Å². The van der Waals surface area contributed by atoms with Crippen LogP contribution < -0.4 is 4.74 Å². The van der Waals surface area contributed by atoms with Crippen molar-refractivity contribution in [2.24, 2.45) is 0 Å². The van der Waals surface area contributed by atoms with Crippen molar-refractivity contribution >= 4 is 27.6 Å². The van der Waals surface area contributed by atoms with Crippen LogP contribution in [0.3, 0.4) is 0 Å². The number of carbonyl (C=O) groups is 1. The number of nitrogens with zero attached hydrogens (tertiary/aromatic N) is 1. The van der Waals surface area contributed by atoms with Crippen LogP contribution in [0.15, 0.2) is 47.4 Å². The number of sulfonamides is 1. The minimum Gasteiger partial charge on any atom is -0.423 e. The van der Waals surface area contributed by atoms with Crippen LogP contribution >= 0.6 is 11.6 Å². The minimum absolute atomic E-state index is 0.00910. The maximum absolute atomic E-state index is 12.9. The van der Waals surface area contributed by atoms with Gasteiger partial charge in [0.15, 0.2) is 0 Å². The molecule has 1 aliphatic heterocycles. The summed E-state index contributed by atoms with van der Waals surface area (Å²) in [6.07, 6.45) is 0. The molecule has 0 bridgehead atoms. The zero-order valence-electron chi connectivity index (χ0n) is 13.5. The standard InChI is InChI=1S/C17H15ClFNO5S/c18-15-6-1-12(17(21)25-14-4-2-13(19)3-5-14)11-16(15)26(22,23)20-7-9-24-10-8-20/h1-6,11H,7-10H2. The third-order valence-corrected chi connectivity index (χ3v) is 6.16. The summed E-state index contributed by atoms with van der Waals surface area (Å²) in [5.41, 5.74) is 0.0190. The molecule has 9 heteroatoms. The van der Waals surface area contributed by atoms with E-state index in [9.17, 15) is 17.6 Å². The fourth-order valence-electron chi connectivity index (χ4n) is 2.42. The first-order chi connectivity index (χ1) is 12.4. The molecule has 0 saturated carbocycles. The lowest BCUT2D eigenvalue weighted by Gasteiger charge is -2.26. The first-order valence-electron chi connectivity index (χ1n) is 7.73. The van der Waals surface area contributed by atoms with Crippen LogP contribution in [0.2, 0.25) is 5.02 Å². The van der Waals surface area contributed by atoms with Crippen molar-refractivity contribution in [2.45, 2.75) is 4.90 Å². The number of halogens is 2. The van der Waals surface area contributed by atoms with E-state index in [0.29, 0.717) is 13.2 Å². The fourth-order valence-corrected chi connectivity index (χ4v) is 4.33. The molecule has 6 nitrogen and oxygen atoms in total. The Morgan fingerprint density at radius 1 is 1.12 bits per heavy atom. The van der Waals surface area contributed by atoms with Gasteiger partial charge in [0.2, 0.25) is 10.0 Å². The quantitative estimate of drug-likeness (QED) is 0.584. The van der Waals surface area contributed by atoms with Gasteiger partial charge in [-0.3, -0.25) is 0 Å². The summed E-state index contributed by atoms with van der Waals surface area (Å²) >= 11 is 6.05. The first-order valence-corrected chi connectivity index (χ1v) is 9.55. The highest BCUT2D eigenvalue weighted by Crippen LogP contribution is 2.27. The van der Waals surface area contributed by atoms with Gasteiger partial charge in [-0.2, -0.15) is 4.31 Å². The molecule has 26 heavy (non-hydrogen) atoms. The van der Waals surface area contributed by atoms with Gasteiger partial charge in [0.25, 0.3) is 0 Å². The van der Waals surface area contributed by atoms with Gasteiger partial charge in [-0.1, -0.05) is 11.6 Å². The molecule has 0 N–H and O–H groups in total. The first kappa shape index (κ1) is 18.8. The molecule has 0 aliphatic carbocycles. The molecule has 0 aromatic heterocycles. The van der Waals surface area contributed by atoms with Crippen LogP contribution in [0.4, 0.5) is 4.39 Å². The Balaban J connectivity index is 1.87. The minimum atomic E-state index is -3.86. The van der Waals surface area contributed by atoms with Gasteiger partial charge in [0.1, 0.15) is 16.5 Å². The van der Waals surface area contributed by atoms with Crippen LogP contribution in [0.25, 0.3) is 0 Å². The van der Waals surface area contributed by atoms with E-state index in [-0.39, 0.29) is 34.3 Å². The molecule has 1 saturated heterocycles. The van der Waals surface area contributed by atoms with E-state index in [1.165, 1.54) is 34.6 Å². The average molecular weight is 400 g/mol. The van der Waals surface area contributed by atoms with Crippen LogP contribution in [0, 0.1) is 5.82 Å². The lowest BCUT2D eigenvalue weighted by Crippen LogP contribution is -2.40. The summed E-state index contributed by atoms with van der Waals surface area (Å²) < 4.78 is 50.0. The Hall–Kier alpha value is -2.00. The highest BCUT2D eigenvalue weighted by molar-refractivity contribution is 7.89. The van der Waals surface area contributed by atoms with E-state index in [1.54, 1.807) is 0 Å². The van der Waals surface area contributed by atoms with E-state index < -0.39 is 21.8 Å². The molecule has 0 amide bonds. The van der Waals surface area contributed by atoms with Crippen molar-refractivity contribution in [3.63, 3.8) is 0 Å². The van der Waals surface area contributed by atoms with Gasteiger partial charge >= 0.3 is 5.97 Å². The molecule has 3 rings (SSSR count). The molecule has 1 heterocycles. The Morgan fingerprint density at radius 2 is 1.77 bits per heavy atom. The SMILES string of the molecule is O=C(Oc1ccc(F)cc1)c1ccc(Cl)c(S(=O)(=O)N2CCOCC2)c1. The Labute approximate surface area is 155 Å². The largest absolute Gasteiger partial charge is 0.423 e. The van der Waals surface area contributed by atoms with Crippen LogP contribution in [0.5, 0.6) is 5.75 Å². The molecule has 1 fully saturated rings. The molecule has 2 aromatic carbocycles. The van der Waals surface area contributed by atoms with Gasteiger partial charge in [0.05, 0.1) is 23.8 Å². The lowest BCUT2D eigenvalue weighted by atomic mass is 10.2. The summed E-state index contributed by atoms with van der Waals surface area (Å²) in [6.45, 7) is 1.01. The van der Waals surface area contributed by atoms with Crippen LogP contribution in [-0.2, 0) is 14.8 Å². The smallest absolute Gasteiger partial charge is 0.343 e. The Kier molecular flexibility index (Phi) is 5.57. The van der Waals surface area contributed by atoms with Crippen LogP contribution in [0.1, 0.15) is 10.4 Å². The maximum Gasteiger partial charge on any atom is 0.343 e. The van der Waals surface area contributed by atoms with E-state index >= 15 is 0 Å². The van der Waals surface area contributed by atoms with Gasteiger partial charge in [0, 0.05) is 13.1 Å². The molecule has 0 unspecified atom stereocenters. The predicted molar refractivity (Wildman–Crippen MR) is 92.4 cm³/mol. The van der Waals surface area contributed by atoms with E-state index in [0.717, 1.165) is 12.1 Å². The molecule has 0 radical (unpaired) electrons. The van der Waals surface area contributed by atoms with Gasteiger partial charge in [-0.05, 0) is 42.5 Å². The zero-order valence-corrected chi connectivity index (χ0v) is 15.1. The third-order valence-electron chi connectivity index (χ3n) is 3.78. The molecule has 1 aliphatic rings. The van der Waals surface area contributed by atoms with Crippen molar-refractivity contribution in [1.82, 2.24) is 4.31 Å². The highest BCUT2D eigenvalue weighted by atomic mass is 35.5. The van der Waals surface area contributed by atoms with Crippen molar-refractivity contribution < 1.29 is 27.1 Å². The lowest BCUT2D eigenvalue weighted by molar-refractivity contribution is 0.0727. The molecule has 138 valence electrons. The summed E-state index contributed by atoms with van der Waals surface area (Å²) in [5, 5.41) is 0.00910. The Bertz CT molecular complexity index is 911. The second-order valence-corrected chi connectivity index (χ2v) is 7.82. The second-order valence-electron chi connectivity index (χ2n) is 5.51. The summed E-state index contributed by atoms with van der Waals surface area (Å²) in [5.74, 6) is -1.09. The molecule has 2 aromatic rings. The number of hydrogen-bond donors (Lipinski definition) is 0.